The highest BCUT2D eigenvalue weighted by atomic mass is 79.9. The number of hydrogen-bond acceptors (Lipinski definition) is 3. The third kappa shape index (κ3) is 2.17. The van der Waals surface area contributed by atoms with E-state index < -0.39 is 6.10 Å². The second kappa shape index (κ2) is 4.51. The summed E-state index contributed by atoms with van der Waals surface area (Å²) in [6.07, 6.45) is 0.410. The zero-order valence-corrected chi connectivity index (χ0v) is 10.2. The lowest BCUT2D eigenvalue weighted by Crippen LogP contribution is -2.17. The Morgan fingerprint density at radius 1 is 1.60 bits per heavy atom. The zero-order chi connectivity index (χ0) is 10.8. The summed E-state index contributed by atoms with van der Waals surface area (Å²) in [5.41, 5.74) is 2.04. The molecule has 1 aliphatic rings. The van der Waals surface area contributed by atoms with Crippen LogP contribution in [0.4, 0.5) is 0 Å². The number of likely N-dealkylation sites (N-methyl/N-ethyl adjacent to an activating group) is 1. The van der Waals surface area contributed by atoms with Crippen LogP contribution in [0.15, 0.2) is 16.6 Å². The van der Waals surface area contributed by atoms with Crippen LogP contribution in [0, 0.1) is 0 Å². The van der Waals surface area contributed by atoms with E-state index in [1.165, 1.54) is 5.56 Å². The first-order valence-corrected chi connectivity index (χ1v) is 5.79. The quantitative estimate of drug-likeness (QED) is 0.879. The van der Waals surface area contributed by atoms with Gasteiger partial charge in [0.25, 0.3) is 0 Å². The topological polar surface area (TPSA) is 41.5 Å². The molecule has 0 aliphatic carbocycles. The minimum atomic E-state index is -0.514. The summed E-state index contributed by atoms with van der Waals surface area (Å²) in [7, 11) is 1.82. The SMILES string of the molecule is CNCC(O)c1cc(Br)cc2c1OCC2. The second-order valence-corrected chi connectivity index (χ2v) is 4.57. The van der Waals surface area contributed by atoms with Gasteiger partial charge in [0.15, 0.2) is 0 Å². The van der Waals surface area contributed by atoms with E-state index in [4.69, 9.17) is 4.74 Å². The average molecular weight is 272 g/mol. The van der Waals surface area contributed by atoms with Crippen molar-refractivity contribution in [1.29, 1.82) is 0 Å². The van der Waals surface area contributed by atoms with Crippen molar-refractivity contribution in [1.82, 2.24) is 5.32 Å². The van der Waals surface area contributed by atoms with Gasteiger partial charge in [0.2, 0.25) is 0 Å². The molecule has 82 valence electrons. The van der Waals surface area contributed by atoms with E-state index >= 15 is 0 Å². The average Bonchev–Trinajstić information content (AvgIpc) is 2.64. The van der Waals surface area contributed by atoms with E-state index in [2.05, 4.69) is 27.3 Å². The van der Waals surface area contributed by atoms with Gasteiger partial charge < -0.3 is 15.2 Å². The first-order valence-electron chi connectivity index (χ1n) is 5.00. The molecule has 1 aromatic rings. The van der Waals surface area contributed by atoms with Crippen LogP contribution in [-0.2, 0) is 6.42 Å². The molecule has 2 N–H and O–H groups in total. The van der Waals surface area contributed by atoms with Crippen molar-refractivity contribution in [2.75, 3.05) is 20.2 Å². The number of aliphatic hydroxyl groups is 1. The van der Waals surface area contributed by atoms with Gasteiger partial charge in [-0.25, -0.2) is 0 Å². The Hall–Kier alpha value is -0.580. The summed E-state index contributed by atoms with van der Waals surface area (Å²) in [4.78, 5) is 0. The molecule has 1 aromatic carbocycles. The Morgan fingerprint density at radius 2 is 2.40 bits per heavy atom. The first kappa shape index (κ1) is 10.9. The summed E-state index contributed by atoms with van der Waals surface area (Å²) in [5, 5.41) is 12.9. The largest absolute Gasteiger partial charge is 0.493 e. The number of benzene rings is 1. The molecule has 15 heavy (non-hydrogen) atoms. The maximum absolute atomic E-state index is 9.95. The molecule has 0 amide bonds. The van der Waals surface area contributed by atoms with Crippen LogP contribution >= 0.6 is 15.9 Å². The van der Waals surface area contributed by atoms with Crippen molar-refractivity contribution in [3.05, 3.63) is 27.7 Å². The predicted molar refractivity (Wildman–Crippen MR) is 62.2 cm³/mol. The number of rotatable bonds is 3. The highest BCUT2D eigenvalue weighted by Gasteiger charge is 2.21. The molecule has 0 saturated carbocycles. The van der Waals surface area contributed by atoms with Crippen molar-refractivity contribution in [3.63, 3.8) is 0 Å². The number of halogens is 1. The molecule has 1 aliphatic heterocycles. The summed E-state index contributed by atoms with van der Waals surface area (Å²) in [6.45, 7) is 1.25. The Balaban J connectivity index is 2.37. The van der Waals surface area contributed by atoms with Crippen molar-refractivity contribution < 1.29 is 9.84 Å². The third-order valence-corrected chi connectivity index (χ3v) is 2.99. The number of hydrogen-bond donors (Lipinski definition) is 2. The molecule has 1 atom stereocenters. The van der Waals surface area contributed by atoms with Crippen molar-refractivity contribution in [2.24, 2.45) is 0 Å². The highest BCUT2D eigenvalue weighted by molar-refractivity contribution is 9.10. The Bertz CT molecular complexity index is 368. The number of ether oxygens (including phenoxy) is 1. The molecule has 0 radical (unpaired) electrons. The van der Waals surface area contributed by atoms with Crippen LogP contribution in [-0.4, -0.2) is 25.3 Å². The van der Waals surface area contributed by atoms with E-state index in [1.54, 1.807) is 0 Å². The monoisotopic (exact) mass is 271 g/mol. The van der Waals surface area contributed by atoms with Gasteiger partial charge >= 0.3 is 0 Å². The molecule has 4 heteroatoms. The van der Waals surface area contributed by atoms with Gasteiger partial charge in [-0.05, 0) is 24.7 Å². The van der Waals surface area contributed by atoms with E-state index in [0.717, 1.165) is 22.2 Å². The van der Waals surface area contributed by atoms with Gasteiger partial charge in [-0.3, -0.25) is 0 Å². The minimum Gasteiger partial charge on any atom is -0.493 e. The fourth-order valence-corrected chi connectivity index (χ4v) is 2.37. The molecular weight excluding hydrogens is 258 g/mol. The van der Waals surface area contributed by atoms with Crippen LogP contribution in [0.5, 0.6) is 5.75 Å². The molecule has 0 saturated heterocycles. The lowest BCUT2D eigenvalue weighted by molar-refractivity contribution is 0.173. The molecule has 1 heterocycles. The summed E-state index contributed by atoms with van der Waals surface area (Å²) in [6, 6.07) is 3.98. The maximum Gasteiger partial charge on any atom is 0.128 e. The molecule has 2 rings (SSSR count). The summed E-state index contributed by atoms with van der Waals surface area (Å²) in [5.74, 6) is 0.862. The second-order valence-electron chi connectivity index (χ2n) is 3.66. The molecule has 0 aromatic heterocycles. The normalized spacial score (nSPS) is 15.9. The van der Waals surface area contributed by atoms with Crippen molar-refractivity contribution in [3.8, 4) is 5.75 Å². The van der Waals surface area contributed by atoms with Gasteiger partial charge in [0.1, 0.15) is 5.75 Å². The maximum atomic E-state index is 9.95. The smallest absolute Gasteiger partial charge is 0.128 e. The predicted octanol–water partition coefficient (Wildman–Crippen LogP) is 1.64. The highest BCUT2D eigenvalue weighted by Crippen LogP contribution is 2.36. The molecule has 0 bridgehead atoms. The minimum absolute atomic E-state index is 0.514. The molecule has 0 fully saturated rings. The van der Waals surface area contributed by atoms with Crippen molar-refractivity contribution in [2.45, 2.75) is 12.5 Å². The molecular formula is C11H14BrNO2. The number of nitrogens with one attached hydrogen (secondary N) is 1. The Labute approximate surface area is 97.6 Å². The fourth-order valence-electron chi connectivity index (χ4n) is 1.85. The number of aliphatic hydroxyl groups excluding tert-OH is 1. The van der Waals surface area contributed by atoms with E-state index in [1.807, 2.05) is 13.1 Å². The number of fused-ring (bicyclic) bond motifs is 1. The molecule has 3 nitrogen and oxygen atoms in total. The standard InChI is InChI=1S/C11H14BrNO2/c1-13-6-10(14)9-5-8(12)4-7-2-3-15-11(7)9/h4-5,10,13-14H,2-3,6H2,1H3. The van der Waals surface area contributed by atoms with Gasteiger partial charge in [-0.1, -0.05) is 15.9 Å². The van der Waals surface area contributed by atoms with E-state index in [0.29, 0.717) is 13.2 Å². The lowest BCUT2D eigenvalue weighted by atomic mass is 10.0. The molecule has 1 unspecified atom stereocenters. The van der Waals surface area contributed by atoms with E-state index in [9.17, 15) is 5.11 Å². The third-order valence-electron chi connectivity index (χ3n) is 2.53. The summed E-state index contributed by atoms with van der Waals surface area (Å²) >= 11 is 3.45. The zero-order valence-electron chi connectivity index (χ0n) is 8.59. The Kier molecular flexibility index (Phi) is 3.29. The van der Waals surface area contributed by atoms with E-state index in [-0.39, 0.29) is 0 Å². The van der Waals surface area contributed by atoms with Crippen LogP contribution in [0.3, 0.4) is 0 Å². The first-order chi connectivity index (χ1) is 7.22. The summed E-state index contributed by atoms with van der Waals surface area (Å²) < 4.78 is 6.54. The molecule has 0 spiro atoms. The van der Waals surface area contributed by atoms with Crippen LogP contribution < -0.4 is 10.1 Å². The van der Waals surface area contributed by atoms with Crippen LogP contribution in [0.25, 0.3) is 0 Å². The lowest BCUT2D eigenvalue weighted by Gasteiger charge is -2.14. The fraction of sp³-hybridized carbons (Fsp3) is 0.455. The van der Waals surface area contributed by atoms with Gasteiger partial charge in [0.05, 0.1) is 12.7 Å². The van der Waals surface area contributed by atoms with Gasteiger partial charge in [-0.15, -0.1) is 0 Å². The van der Waals surface area contributed by atoms with Gasteiger partial charge in [-0.2, -0.15) is 0 Å². The van der Waals surface area contributed by atoms with Crippen LogP contribution in [0.2, 0.25) is 0 Å². The van der Waals surface area contributed by atoms with Crippen LogP contribution in [0.1, 0.15) is 17.2 Å². The van der Waals surface area contributed by atoms with Gasteiger partial charge in [0, 0.05) is 23.0 Å². The Morgan fingerprint density at radius 3 is 3.13 bits per heavy atom. The van der Waals surface area contributed by atoms with Crippen molar-refractivity contribution >= 4 is 15.9 Å².